The van der Waals surface area contributed by atoms with E-state index in [-0.39, 0.29) is 79.2 Å². The van der Waals surface area contributed by atoms with Crippen molar-refractivity contribution in [2.75, 3.05) is 0 Å². The molecule has 0 fully saturated rings. The van der Waals surface area contributed by atoms with Crippen molar-refractivity contribution < 1.29 is 25.8 Å². The molecule has 0 aromatic heterocycles. The zero-order valence-corrected chi connectivity index (χ0v) is 17.1. The first-order valence-electron chi connectivity index (χ1n) is 3.75. The van der Waals surface area contributed by atoms with Crippen LogP contribution in [-0.2, 0) is 25.8 Å². The number of rotatable bonds is 0. The van der Waals surface area contributed by atoms with Crippen molar-refractivity contribution in [1.82, 2.24) is 0 Å². The minimum absolute atomic E-state index is 0. The molecule has 0 unspecified atom stereocenters. The number of allylic oxidation sites excluding steroid dienone is 4. The molecule has 0 aromatic carbocycles. The molecule has 0 heterocycles. The van der Waals surface area contributed by atoms with E-state index in [1.165, 1.54) is 16.7 Å². The van der Waals surface area contributed by atoms with Gasteiger partial charge in [0.05, 0.1) is 0 Å². The second-order valence-electron chi connectivity index (χ2n) is 3.62. The van der Waals surface area contributed by atoms with Crippen LogP contribution in [0.5, 0.6) is 0 Å². The summed E-state index contributed by atoms with van der Waals surface area (Å²) in [6, 6.07) is 0. The van der Waals surface area contributed by atoms with Gasteiger partial charge in [-0.05, 0) is 0 Å². The van der Waals surface area contributed by atoms with Crippen LogP contribution in [0.1, 0.15) is 34.6 Å². The zero-order valence-electron chi connectivity index (χ0n) is 8.82. The van der Waals surface area contributed by atoms with E-state index in [4.69, 9.17) is 0 Å². The van der Waals surface area contributed by atoms with E-state index in [2.05, 4.69) is 40.7 Å². The minimum Gasteiger partial charge on any atom is -0.263 e. The van der Waals surface area contributed by atoms with Crippen molar-refractivity contribution >= 4 is 48.0 Å². The Balaban J connectivity index is -0.000000333. The molecular weight excluding hydrogens is 552 g/mol. The zero-order chi connectivity index (χ0) is 7.94. The molecule has 13 heavy (non-hydrogen) atoms. The molecule has 0 aliphatic heterocycles. The molecule has 0 amide bonds. The van der Waals surface area contributed by atoms with Crippen LogP contribution in [0.4, 0.5) is 0 Å². The number of hydrogen-bond acceptors (Lipinski definition) is 0. The van der Waals surface area contributed by atoms with Crippen LogP contribution in [0, 0.1) is 11.5 Å². The first-order chi connectivity index (χ1) is 4.45. The second-order valence-corrected chi connectivity index (χ2v) is 3.62. The molecule has 1 aliphatic carbocycles. The molecule has 1 aliphatic rings. The van der Waals surface area contributed by atoms with E-state index in [0.717, 1.165) is 0 Å². The fourth-order valence-electron chi connectivity index (χ4n) is 1.41. The Hall–Kier alpha value is 1.81. The summed E-state index contributed by atoms with van der Waals surface area (Å²) in [5.41, 5.74) is 4.39. The number of hydrogen-bond donors (Lipinski definition) is 0. The van der Waals surface area contributed by atoms with Crippen LogP contribution in [-0.4, -0.2) is 0 Å². The third-order valence-electron chi connectivity index (χ3n) is 2.56. The van der Waals surface area contributed by atoms with E-state index in [0.29, 0.717) is 0 Å². The average Bonchev–Trinajstić information content (AvgIpc) is 1.95. The molecule has 0 atom stereocenters. The van der Waals surface area contributed by atoms with E-state index in [1.807, 2.05) is 0 Å². The molecule has 0 bridgehead atoms. The fourth-order valence-corrected chi connectivity index (χ4v) is 1.41. The van der Waals surface area contributed by atoms with Crippen molar-refractivity contribution in [3.8, 4) is 0 Å². The molecule has 0 spiro atoms. The fraction of sp³-hybridized carbons (Fsp3) is 0.600. The predicted molar refractivity (Wildman–Crippen MR) is 75.4 cm³/mol. The van der Waals surface area contributed by atoms with Gasteiger partial charge in [0.2, 0.25) is 0 Å². The van der Waals surface area contributed by atoms with Crippen molar-refractivity contribution in [3.05, 3.63) is 22.8 Å². The normalized spacial score (nSPS) is 18.1. The third kappa shape index (κ3) is 4.45. The summed E-state index contributed by atoms with van der Waals surface area (Å²) in [5, 5.41) is 0. The molecular formula is C10H17HfI2-. The molecule has 1 rings (SSSR count). The van der Waals surface area contributed by atoms with Gasteiger partial charge in [0.1, 0.15) is 0 Å². The summed E-state index contributed by atoms with van der Waals surface area (Å²) in [6.45, 7) is 10.9. The van der Waals surface area contributed by atoms with E-state index >= 15 is 0 Å². The quantitative estimate of drug-likeness (QED) is 0.231. The average molecular weight is 570 g/mol. The summed E-state index contributed by atoms with van der Waals surface area (Å²) >= 11 is 0. The Bertz CT molecular complexity index is 227. The van der Waals surface area contributed by atoms with Gasteiger partial charge in [-0.1, -0.05) is 33.1 Å². The Labute approximate surface area is 135 Å². The van der Waals surface area contributed by atoms with Crippen molar-refractivity contribution in [1.29, 1.82) is 0 Å². The molecule has 3 heteroatoms. The van der Waals surface area contributed by atoms with Gasteiger partial charge in [-0.3, -0.25) is 6.08 Å². The summed E-state index contributed by atoms with van der Waals surface area (Å²) in [6.07, 6.45) is 3.44. The van der Waals surface area contributed by atoms with Crippen LogP contribution < -0.4 is 0 Å². The maximum atomic E-state index is 3.44. The van der Waals surface area contributed by atoms with E-state index in [9.17, 15) is 0 Å². The summed E-state index contributed by atoms with van der Waals surface area (Å²) in [4.78, 5) is 0. The van der Waals surface area contributed by atoms with Crippen molar-refractivity contribution in [3.63, 3.8) is 0 Å². The van der Waals surface area contributed by atoms with Gasteiger partial charge in [0, 0.05) is 25.8 Å². The molecule has 0 saturated heterocycles. The molecule has 0 aromatic rings. The maximum absolute atomic E-state index is 3.44. The standard InChI is InChI=1S/C10H15.Hf.2HI/c1-7-6-10(4,5)9(3)8(7)2;;;/h1-5H3;;2*1H/q-1;;;. The molecule has 0 saturated carbocycles. The molecule has 0 nitrogen and oxygen atoms in total. The minimum atomic E-state index is 0. The van der Waals surface area contributed by atoms with Gasteiger partial charge in [-0.2, -0.15) is 11.1 Å². The summed E-state index contributed by atoms with van der Waals surface area (Å²) < 4.78 is 0. The van der Waals surface area contributed by atoms with Crippen molar-refractivity contribution in [2.24, 2.45) is 5.41 Å². The van der Waals surface area contributed by atoms with Gasteiger partial charge in [-0.15, -0.1) is 54.9 Å². The predicted octanol–water partition coefficient (Wildman–Crippen LogP) is 4.35. The Kier molecular flexibility index (Phi) is 11.1. The smallest absolute Gasteiger partial charge is 0 e. The van der Waals surface area contributed by atoms with Crippen LogP contribution in [0.15, 0.2) is 16.7 Å². The number of halogens is 2. The summed E-state index contributed by atoms with van der Waals surface area (Å²) in [7, 11) is 0. The second kappa shape index (κ2) is 7.14. The Morgan fingerprint density at radius 2 is 1.38 bits per heavy atom. The van der Waals surface area contributed by atoms with Crippen LogP contribution in [0.3, 0.4) is 0 Å². The van der Waals surface area contributed by atoms with Gasteiger partial charge >= 0.3 is 0 Å². The van der Waals surface area contributed by atoms with Crippen molar-refractivity contribution in [2.45, 2.75) is 34.6 Å². The first kappa shape index (κ1) is 20.3. The van der Waals surface area contributed by atoms with Gasteiger partial charge in [-0.25, -0.2) is 5.57 Å². The molecule has 0 N–H and O–H groups in total. The molecule has 76 valence electrons. The SMILES string of the molecule is CC1=[C-]C(C)(C)C(C)=C1C.I.I.[Hf]. The third-order valence-corrected chi connectivity index (χ3v) is 2.56. The van der Waals surface area contributed by atoms with E-state index < -0.39 is 0 Å². The Morgan fingerprint density at radius 1 is 1.00 bits per heavy atom. The Morgan fingerprint density at radius 3 is 1.46 bits per heavy atom. The van der Waals surface area contributed by atoms with Gasteiger partial charge < -0.3 is 0 Å². The maximum Gasteiger partial charge on any atom is 0 e. The van der Waals surface area contributed by atoms with E-state index in [1.54, 1.807) is 0 Å². The summed E-state index contributed by atoms with van der Waals surface area (Å²) in [5.74, 6) is 0. The van der Waals surface area contributed by atoms with Crippen LogP contribution in [0.25, 0.3) is 0 Å². The van der Waals surface area contributed by atoms with Gasteiger partial charge in [0.15, 0.2) is 0 Å². The monoisotopic (exact) mass is 571 g/mol. The first-order valence-corrected chi connectivity index (χ1v) is 3.75. The van der Waals surface area contributed by atoms with Crippen LogP contribution in [0.2, 0.25) is 0 Å². The molecule has 0 radical (unpaired) electrons. The largest absolute Gasteiger partial charge is 0.263 e. The van der Waals surface area contributed by atoms with Gasteiger partial charge in [0.25, 0.3) is 0 Å². The topological polar surface area (TPSA) is 0 Å². The van der Waals surface area contributed by atoms with Crippen LogP contribution >= 0.6 is 48.0 Å².